The minimum absolute atomic E-state index is 0.138. The molecule has 1 amide bonds. The number of aryl methyl sites for hydroxylation is 2. The van der Waals surface area contributed by atoms with Gasteiger partial charge in [-0.3, -0.25) is 4.79 Å². The lowest BCUT2D eigenvalue weighted by molar-refractivity contribution is -0.132. The Labute approximate surface area is 121 Å². The number of nitrogens with zero attached hydrogens (tertiary/aromatic N) is 1. The van der Waals surface area contributed by atoms with Crippen molar-refractivity contribution in [1.29, 1.82) is 0 Å². The van der Waals surface area contributed by atoms with Crippen molar-refractivity contribution in [1.82, 2.24) is 10.2 Å². The van der Waals surface area contributed by atoms with Gasteiger partial charge in [-0.15, -0.1) is 0 Å². The average Bonchev–Trinajstić information content (AvgIpc) is 2.74. The number of rotatable bonds is 4. The van der Waals surface area contributed by atoms with Crippen LogP contribution in [0.15, 0.2) is 10.5 Å². The molecule has 0 saturated carbocycles. The van der Waals surface area contributed by atoms with Gasteiger partial charge in [0.2, 0.25) is 5.91 Å². The number of likely N-dealkylation sites (tertiary alicyclic amines) is 1. The van der Waals surface area contributed by atoms with Crippen molar-refractivity contribution in [2.75, 3.05) is 19.6 Å². The van der Waals surface area contributed by atoms with Crippen LogP contribution < -0.4 is 5.32 Å². The molecule has 112 valence electrons. The zero-order chi connectivity index (χ0) is 14.7. The number of amides is 1. The molecule has 0 spiro atoms. The van der Waals surface area contributed by atoms with Gasteiger partial charge >= 0.3 is 0 Å². The molecule has 1 aliphatic rings. The summed E-state index contributed by atoms with van der Waals surface area (Å²) in [5.74, 6) is 2.69. The molecule has 4 nitrogen and oxygen atoms in total. The average molecular weight is 278 g/mol. The standard InChI is InChI=1S/C16H26N2O2/c1-11-6-5-7-18(10-11)16(19)9-17-13(3)15-8-12(2)20-14(15)4/h8,11,13,17H,5-7,9-10H2,1-4H3. The summed E-state index contributed by atoms with van der Waals surface area (Å²) in [7, 11) is 0. The third-order valence-electron chi connectivity index (χ3n) is 4.12. The highest BCUT2D eigenvalue weighted by atomic mass is 16.3. The van der Waals surface area contributed by atoms with Crippen LogP contribution in [0.2, 0.25) is 0 Å². The first kappa shape index (κ1) is 15.1. The van der Waals surface area contributed by atoms with Gasteiger partial charge in [0.25, 0.3) is 0 Å². The largest absolute Gasteiger partial charge is 0.466 e. The number of carbonyl (C=O) groups excluding carboxylic acids is 1. The second-order valence-corrected chi connectivity index (χ2v) is 6.06. The van der Waals surface area contributed by atoms with Crippen LogP contribution in [0, 0.1) is 19.8 Å². The molecule has 1 aliphatic heterocycles. The fraction of sp³-hybridized carbons (Fsp3) is 0.688. The minimum atomic E-state index is 0.138. The Kier molecular flexibility index (Phi) is 4.86. The Morgan fingerprint density at radius 1 is 1.55 bits per heavy atom. The quantitative estimate of drug-likeness (QED) is 0.921. The molecule has 2 unspecified atom stereocenters. The number of hydrogen-bond acceptors (Lipinski definition) is 3. The predicted molar refractivity (Wildman–Crippen MR) is 79.6 cm³/mol. The highest BCUT2D eigenvalue weighted by Crippen LogP contribution is 2.21. The molecule has 1 fully saturated rings. The molecule has 1 N–H and O–H groups in total. The molecule has 1 aromatic heterocycles. The van der Waals surface area contributed by atoms with Crippen molar-refractivity contribution in [3.05, 3.63) is 23.2 Å². The molecule has 0 aromatic carbocycles. The molecule has 0 radical (unpaired) electrons. The first-order chi connectivity index (χ1) is 9.47. The van der Waals surface area contributed by atoms with Crippen molar-refractivity contribution in [2.45, 2.75) is 46.6 Å². The van der Waals surface area contributed by atoms with Gasteiger partial charge in [0.15, 0.2) is 0 Å². The van der Waals surface area contributed by atoms with E-state index < -0.39 is 0 Å². The molecule has 20 heavy (non-hydrogen) atoms. The Morgan fingerprint density at radius 3 is 2.90 bits per heavy atom. The molecule has 2 rings (SSSR count). The number of hydrogen-bond donors (Lipinski definition) is 1. The van der Waals surface area contributed by atoms with Crippen LogP contribution in [0.1, 0.15) is 49.8 Å². The molecule has 1 aromatic rings. The highest BCUT2D eigenvalue weighted by molar-refractivity contribution is 5.78. The lowest BCUT2D eigenvalue weighted by Gasteiger charge is -2.31. The van der Waals surface area contributed by atoms with Crippen molar-refractivity contribution in [3.63, 3.8) is 0 Å². The number of nitrogens with one attached hydrogen (secondary N) is 1. The molecular weight excluding hydrogens is 252 g/mol. The topological polar surface area (TPSA) is 45.5 Å². The Bertz CT molecular complexity index is 467. The SMILES string of the molecule is Cc1cc(C(C)NCC(=O)N2CCCC(C)C2)c(C)o1. The third kappa shape index (κ3) is 3.63. The summed E-state index contributed by atoms with van der Waals surface area (Å²) in [6.07, 6.45) is 2.36. The van der Waals surface area contributed by atoms with E-state index in [0.717, 1.165) is 36.6 Å². The molecule has 2 heterocycles. The minimum Gasteiger partial charge on any atom is -0.466 e. The summed E-state index contributed by atoms with van der Waals surface area (Å²) < 4.78 is 5.54. The zero-order valence-corrected chi connectivity index (χ0v) is 13.0. The van der Waals surface area contributed by atoms with Gasteiger partial charge in [0, 0.05) is 24.7 Å². The molecule has 0 bridgehead atoms. The van der Waals surface area contributed by atoms with Crippen LogP contribution in [-0.4, -0.2) is 30.4 Å². The normalized spacial score (nSPS) is 21.0. The molecule has 4 heteroatoms. The maximum Gasteiger partial charge on any atom is 0.236 e. The lowest BCUT2D eigenvalue weighted by Crippen LogP contribution is -2.43. The number of piperidine rings is 1. The summed E-state index contributed by atoms with van der Waals surface area (Å²) in [4.78, 5) is 14.2. The second kappa shape index (κ2) is 6.44. The number of carbonyl (C=O) groups is 1. The van der Waals surface area contributed by atoms with Crippen molar-refractivity contribution >= 4 is 5.91 Å². The van der Waals surface area contributed by atoms with Gasteiger partial charge in [-0.25, -0.2) is 0 Å². The van der Waals surface area contributed by atoms with E-state index in [1.54, 1.807) is 0 Å². The van der Waals surface area contributed by atoms with Gasteiger partial charge in [-0.1, -0.05) is 6.92 Å². The predicted octanol–water partition coefficient (Wildman–Crippen LogP) is 2.81. The van der Waals surface area contributed by atoms with E-state index in [9.17, 15) is 4.79 Å². The third-order valence-corrected chi connectivity index (χ3v) is 4.12. The molecule has 2 atom stereocenters. The van der Waals surface area contributed by atoms with Crippen LogP contribution in [0.25, 0.3) is 0 Å². The maximum absolute atomic E-state index is 12.2. The van der Waals surface area contributed by atoms with E-state index in [0.29, 0.717) is 12.5 Å². The first-order valence-corrected chi connectivity index (χ1v) is 7.55. The van der Waals surface area contributed by atoms with E-state index in [4.69, 9.17) is 4.42 Å². The van der Waals surface area contributed by atoms with Gasteiger partial charge < -0.3 is 14.6 Å². The Hall–Kier alpha value is -1.29. The van der Waals surface area contributed by atoms with Crippen molar-refractivity contribution in [2.24, 2.45) is 5.92 Å². The fourth-order valence-electron chi connectivity index (χ4n) is 2.96. The second-order valence-electron chi connectivity index (χ2n) is 6.06. The molecule has 1 saturated heterocycles. The molecule has 0 aliphatic carbocycles. The Morgan fingerprint density at radius 2 is 2.30 bits per heavy atom. The van der Waals surface area contributed by atoms with Crippen LogP contribution in [0.5, 0.6) is 0 Å². The van der Waals surface area contributed by atoms with E-state index in [-0.39, 0.29) is 11.9 Å². The summed E-state index contributed by atoms with van der Waals surface area (Å²) in [5, 5.41) is 3.31. The zero-order valence-electron chi connectivity index (χ0n) is 13.0. The van der Waals surface area contributed by atoms with Gasteiger partial charge in [-0.05, 0) is 45.6 Å². The van der Waals surface area contributed by atoms with E-state index in [1.807, 2.05) is 24.8 Å². The van der Waals surface area contributed by atoms with Crippen molar-refractivity contribution < 1.29 is 9.21 Å². The summed E-state index contributed by atoms with van der Waals surface area (Å²) in [6, 6.07) is 2.18. The Balaban J connectivity index is 1.85. The molecular formula is C16H26N2O2. The van der Waals surface area contributed by atoms with Gasteiger partial charge in [0.1, 0.15) is 11.5 Å². The van der Waals surface area contributed by atoms with Gasteiger partial charge in [0.05, 0.1) is 6.54 Å². The van der Waals surface area contributed by atoms with Gasteiger partial charge in [-0.2, -0.15) is 0 Å². The van der Waals surface area contributed by atoms with E-state index in [2.05, 4.69) is 19.2 Å². The monoisotopic (exact) mass is 278 g/mol. The first-order valence-electron chi connectivity index (χ1n) is 7.55. The fourth-order valence-corrected chi connectivity index (χ4v) is 2.96. The highest BCUT2D eigenvalue weighted by Gasteiger charge is 2.21. The van der Waals surface area contributed by atoms with E-state index in [1.165, 1.54) is 6.42 Å². The number of furan rings is 1. The van der Waals surface area contributed by atoms with Crippen molar-refractivity contribution in [3.8, 4) is 0 Å². The summed E-state index contributed by atoms with van der Waals surface area (Å²) >= 11 is 0. The van der Waals surface area contributed by atoms with Crippen LogP contribution >= 0.6 is 0 Å². The van der Waals surface area contributed by atoms with Crippen LogP contribution in [-0.2, 0) is 4.79 Å². The summed E-state index contributed by atoms with van der Waals surface area (Å²) in [5.41, 5.74) is 1.14. The smallest absolute Gasteiger partial charge is 0.236 e. The van der Waals surface area contributed by atoms with E-state index >= 15 is 0 Å². The lowest BCUT2D eigenvalue weighted by atomic mass is 10.0. The summed E-state index contributed by atoms with van der Waals surface area (Å²) in [6.45, 7) is 10.4. The van der Waals surface area contributed by atoms with Crippen LogP contribution in [0.4, 0.5) is 0 Å². The van der Waals surface area contributed by atoms with Crippen LogP contribution in [0.3, 0.4) is 0 Å². The maximum atomic E-state index is 12.2.